The first-order valence-electron chi connectivity index (χ1n) is 15.9. The van der Waals surface area contributed by atoms with E-state index in [9.17, 15) is 4.79 Å². The summed E-state index contributed by atoms with van der Waals surface area (Å²) in [7, 11) is 1.64. The smallest absolute Gasteiger partial charge is 0.232 e. The molecule has 1 amide bonds. The molecule has 1 atom stereocenters. The van der Waals surface area contributed by atoms with Gasteiger partial charge in [0.15, 0.2) is 5.78 Å². The molecule has 6 rings (SSSR count). The van der Waals surface area contributed by atoms with E-state index in [1.54, 1.807) is 13.2 Å². The molecule has 1 N–H and O–H groups in total. The Hall–Kier alpha value is -4.90. The molecular formula is C41H42N2O3. The van der Waals surface area contributed by atoms with E-state index >= 15 is 4.79 Å². The third-order valence-electron chi connectivity index (χ3n) is 8.95. The molecule has 1 aliphatic rings. The van der Waals surface area contributed by atoms with Gasteiger partial charge in [0.05, 0.1) is 31.0 Å². The molecule has 1 aliphatic carbocycles. The minimum atomic E-state index is -0.505. The largest absolute Gasteiger partial charge is 0.497 e. The zero-order chi connectivity index (χ0) is 32.8. The number of para-hydroxylation sites is 1. The van der Waals surface area contributed by atoms with E-state index in [-0.39, 0.29) is 23.5 Å². The lowest BCUT2D eigenvalue weighted by Gasteiger charge is -2.42. The van der Waals surface area contributed by atoms with Crippen molar-refractivity contribution in [2.75, 3.05) is 12.0 Å². The van der Waals surface area contributed by atoms with Crippen LogP contribution in [0.4, 0.5) is 5.69 Å². The lowest BCUT2D eigenvalue weighted by atomic mass is 9.72. The van der Waals surface area contributed by atoms with Gasteiger partial charge < -0.3 is 9.72 Å². The van der Waals surface area contributed by atoms with Gasteiger partial charge in [0.2, 0.25) is 5.91 Å². The quantitative estimate of drug-likeness (QED) is 0.208. The number of hydrogen-bond acceptors (Lipinski definition) is 3. The summed E-state index contributed by atoms with van der Waals surface area (Å²) in [6.45, 7) is 12.8. The van der Waals surface area contributed by atoms with Crippen molar-refractivity contribution in [3.05, 3.63) is 131 Å². The predicted octanol–water partition coefficient (Wildman–Crippen LogP) is 9.63. The van der Waals surface area contributed by atoms with Crippen molar-refractivity contribution in [3.63, 3.8) is 0 Å². The van der Waals surface area contributed by atoms with E-state index in [0.29, 0.717) is 5.56 Å². The molecule has 0 aliphatic heterocycles. The number of benzene rings is 4. The van der Waals surface area contributed by atoms with Gasteiger partial charge in [0.1, 0.15) is 5.75 Å². The fourth-order valence-electron chi connectivity index (χ4n) is 6.44. The topological polar surface area (TPSA) is 62.4 Å². The number of nitrogens with zero attached hydrogens (tertiary/aromatic N) is 1. The molecule has 1 heterocycles. The molecular weight excluding hydrogens is 568 g/mol. The lowest BCUT2D eigenvalue weighted by molar-refractivity contribution is -0.118. The molecule has 0 radical (unpaired) electrons. The molecule has 4 aromatic carbocycles. The minimum absolute atomic E-state index is 0.0213. The highest BCUT2D eigenvalue weighted by Crippen LogP contribution is 2.50. The van der Waals surface area contributed by atoms with Crippen LogP contribution in [0.2, 0.25) is 0 Å². The molecule has 5 aromatic rings. The Balaban J connectivity index is 1.65. The third-order valence-corrected chi connectivity index (χ3v) is 8.95. The molecule has 0 saturated heterocycles. The minimum Gasteiger partial charge on any atom is -0.497 e. The number of rotatable bonds is 6. The molecule has 0 fully saturated rings. The van der Waals surface area contributed by atoms with Gasteiger partial charge >= 0.3 is 0 Å². The van der Waals surface area contributed by atoms with Crippen molar-refractivity contribution in [3.8, 4) is 17.0 Å². The summed E-state index contributed by atoms with van der Waals surface area (Å²) in [5.74, 6) is 0.655. The summed E-state index contributed by atoms with van der Waals surface area (Å²) in [6.07, 6.45) is 1.96. The van der Waals surface area contributed by atoms with E-state index in [1.165, 1.54) is 0 Å². The second-order valence-electron chi connectivity index (χ2n) is 14.2. The Morgan fingerprint density at radius 1 is 0.826 bits per heavy atom. The van der Waals surface area contributed by atoms with Gasteiger partial charge in [-0.3, -0.25) is 14.5 Å². The molecule has 0 bridgehead atoms. The van der Waals surface area contributed by atoms with E-state index in [4.69, 9.17) is 4.74 Å². The number of amides is 1. The molecule has 1 aromatic heterocycles. The van der Waals surface area contributed by atoms with Gasteiger partial charge in [-0.25, -0.2) is 0 Å². The van der Waals surface area contributed by atoms with Crippen LogP contribution in [0.25, 0.3) is 22.2 Å². The summed E-state index contributed by atoms with van der Waals surface area (Å²) in [5.41, 5.74) is 7.41. The predicted molar refractivity (Wildman–Crippen MR) is 188 cm³/mol. The monoisotopic (exact) mass is 610 g/mol. The maximum atomic E-state index is 15.1. The van der Waals surface area contributed by atoms with Crippen LogP contribution >= 0.6 is 0 Å². The number of methoxy groups -OCH3 is 1. The van der Waals surface area contributed by atoms with Crippen LogP contribution in [0.5, 0.6) is 5.75 Å². The number of fused-ring (bicyclic) bond motifs is 2. The van der Waals surface area contributed by atoms with Crippen LogP contribution in [0.15, 0.2) is 109 Å². The van der Waals surface area contributed by atoms with Gasteiger partial charge in [-0.2, -0.15) is 0 Å². The number of H-pyrrole nitrogens is 1. The van der Waals surface area contributed by atoms with Crippen molar-refractivity contribution in [1.29, 1.82) is 0 Å². The molecule has 234 valence electrons. The number of aromatic amines is 1. The highest BCUT2D eigenvalue weighted by Gasteiger charge is 2.41. The number of nitrogens with one attached hydrogen (secondary N) is 1. The van der Waals surface area contributed by atoms with Crippen molar-refractivity contribution >= 4 is 28.3 Å². The van der Waals surface area contributed by atoms with Crippen molar-refractivity contribution < 1.29 is 14.3 Å². The van der Waals surface area contributed by atoms with Crippen LogP contribution in [0.3, 0.4) is 0 Å². The average Bonchev–Trinajstić information content (AvgIpc) is 3.41. The maximum absolute atomic E-state index is 15.1. The molecule has 5 nitrogen and oxygen atoms in total. The van der Waals surface area contributed by atoms with Gasteiger partial charge in [-0.1, -0.05) is 114 Å². The maximum Gasteiger partial charge on any atom is 0.232 e. The summed E-state index contributed by atoms with van der Waals surface area (Å²) in [6, 6.07) is 31.6. The first-order valence-corrected chi connectivity index (χ1v) is 15.9. The Morgan fingerprint density at radius 2 is 1.50 bits per heavy atom. The number of ketones is 1. The van der Waals surface area contributed by atoms with Crippen LogP contribution in [-0.2, 0) is 16.6 Å². The van der Waals surface area contributed by atoms with E-state index < -0.39 is 11.5 Å². The number of aromatic nitrogens is 1. The Morgan fingerprint density at radius 3 is 2.15 bits per heavy atom. The summed E-state index contributed by atoms with van der Waals surface area (Å²) in [5, 5.41) is 0.947. The number of hydrogen-bond donors (Lipinski definition) is 1. The number of carbonyl (C=O) groups is 2. The van der Waals surface area contributed by atoms with Crippen LogP contribution in [0, 0.1) is 5.41 Å². The zero-order valence-corrected chi connectivity index (χ0v) is 27.8. The summed E-state index contributed by atoms with van der Waals surface area (Å²) in [4.78, 5) is 34.6. The third kappa shape index (κ3) is 5.78. The second kappa shape index (κ2) is 11.8. The van der Waals surface area contributed by atoms with E-state index in [2.05, 4.69) is 76.9 Å². The van der Waals surface area contributed by atoms with Crippen LogP contribution < -0.4 is 9.64 Å². The van der Waals surface area contributed by atoms with Gasteiger partial charge in [0.25, 0.3) is 0 Å². The Labute approximate surface area is 271 Å². The molecule has 0 spiro atoms. The fraction of sp³-hybridized carbons (Fsp3) is 0.268. The first kappa shape index (κ1) is 31.1. The van der Waals surface area contributed by atoms with Crippen molar-refractivity contribution in [2.45, 2.75) is 59.4 Å². The SMILES string of the molecule is COc1ccc(CC(=O)N(c2c(-c3ccccc3)[nH]c3ccccc23)[C@@H]2C(C(C)(C)C)=CC(=O)c3cc(C(C)(C)C)ccc32)cc1. The number of allylic oxidation sites excluding steroid dienone is 1. The van der Waals surface area contributed by atoms with Crippen LogP contribution in [-0.4, -0.2) is 23.8 Å². The van der Waals surface area contributed by atoms with Gasteiger partial charge in [0, 0.05) is 22.0 Å². The normalized spacial score (nSPS) is 15.0. The highest BCUT2D eigenvalue weighted by atomic mass is 16.5. The fourth-order valence-corrected chi connectivity index (χ4v) is 6.44. The van der Waals surface area contributed by atoms with E-state index in [0.717, 1.165) is 55.9 Å². The molecule has 0 unspecified atom stereocenters. The van der Waals surface area contributed by atoms with E-state index in [1.807, 2.05) is 71.6 Å². The summed E-state index contributed by atoms with van der Waals surface area (Å²) < 4.78 is 5.38. The standard InChI is InChI=1S/C41H42N2O3/c1-40(2,3)28-19-22-30-32(24-28)35(44)25-33(41(4,5)6)38(30)43(36(45)23-26-17-20-29(46-7)21-18-26)39-31-15-11-12-16-34(31)42-37(39)27-13-9-8-10-14-27/h8-22,24-25,38,42H,23H2,1-7H3/t38-/m0/s1. The van der Waals surface area contributed by atoms with Crippen LogP contribution in [0.1, 0.15) is 74.6 Å². The second-order valence-corrected chi connectivity index (χ2v) is 14.2. The summed E-state index contributed by atoms with van der Waals surface area (Å²) >= 11 is 0. The lowest BCUT2D eigenvalue weighted by Crippen LogP contribution is -2.42. The average molecular weight is 611 g/mol. The van der Waals surface area contributed by atoms with Crippen molar-refractivity contribution in [2.24, 2.45) is 5.41 Å². The zero-order valence-electron chi connectivity index (χ0n) is 27.8. The number of ether oxygens (including phenoxy) is 1. The highest BCUT2D eigenvalue weighted by molar-refractivity contribution is 6.13. The number of anilines is 1. The first-order chi connectivity index (χ1) is 21.9. The molecule has 0 saturated carbocycles. The Kier molecular flexibility index (Phi) is 7.97. The molecule has 46 heavy (non-hydrogen) atoms. The molecule has 5 heteroatoms. The van der Waals surface area contributed by atoms with Gasteiger partial charge in [-0.15, -0.1) is 0 Å². The van der Waals surface area contributed by atoms with Crippen molar-refractivity contribution in [1.82, 2.24) is 4.98 Å². The Bertz CT molecular complexity index is 1950. The number of carbonyl (C=O) groups excluding carboxylic acids is 2. The van der Waals surface area contributed by atoms with Gasteiger partial charge in [-0.05, 0) is 63.4 Å².